The number of piperidine rings is 1. The Balaban J connectivity index is 0.000000148. The SMILES string of the molecule is CC1(C)C(=O)C=CC2(C)C1=C(O)C(=O)C1(C)C2CCC2(C)C(c3ccoc3)CC3OC321.COC12CC(COC(=O)c3cncc(Br)c3)CN(C)C1Cc1cn(C)c3cccc2c13. The summed E-state index contributed by atoms with van der Waals surface area (Å²) in [4.78, 5) is 45.7. The Morgan fingerprint density at radius 2 is 1.89 bits per heavy atom. The van der Waals surface area contributed by atoms with Gasteiger partial charge >= 0.3 is 5.97 Å². The Morgan fingerprint density at radius 1 is 1.10 bits per heavy atom. The molecule has 5 aliphatic carbocycles. The second kappa shape index (κ2) is 13.8. The van der Waals surface area contributed by atoms with Gasteiger partial charge in [0, 0.05) is 77.5 Å². The number of ether oxygens (including phenoxy) is 3. The van der Waals surface area contributed by atoms with Crippen LogP contribution in [0.5, 0.6) is 0 Å². The van der Waals surface area contributed by atoms with Crippen molar-refractivity contribution in [3.05, 3.63) is 112 Å². The molecule has 11 rings (SSSR count). The Bertz CT molecular complexity index is 2610. The van der Waals surface area contributed by atoms with Crippen LogP contribution in [0.25, 0.3) is 10.9 Å². The molecule has 0 bridgehead atoms. The number of benzene rings is 1. The van der Waals surface area contributed by atoms with Crippen molar-refractivity contribution < 1.29 is 38.1 Å². The van der Waals surface area contributed by atoms with Crippen molar-refractivity contribution in [2.45, 2.75) is 96.0 Å². The molecule has 12 heteroatoms. The molecule has 5 heterocycles. The summed E-state index contributed by atoms with van der Waals surface area (Å²) in [7, 11) is 6.07. The van der Waals surface area contributed by atoms with Crippen LogP contribution >= 0.6 is 15.9 Å². The molecule has 62 heavy (non-hydrogen) atoms. The first-order chi connectivity index (χ1) is 29.4. The van der Waals surface area contributed by atoms with Crippen molar-refractivity contribution in [2.24, 2.45) is 40.5 Å². The number of hydrogen-bond acceptors (Lipinski definition) is 10. The molecule has 2 saturated carbocycles. The highest BCUT2D eigenvalue weighted by Gasteiger charge is 2.87. The molecule has 10 unspecified atom stereocenters. The van der Waals surface area contributed by atoms with Gasteiger partial charge in [0.25, 0.3) is 0 Å². The monoisotopic (exact) mass is 905 g/mol. The normalized spacial score (nSPS) is 37.4. The first-order valence-electron chi connectivity index (χ1n) is 21.9. The summed E-state index contributed by atoms with van der Waals surface area (Å²) in [5.41, 5.74) is 2.50. The number of aryl methyl sites for hydroxylation is 1. The number of furan rings is 1. The van der Waals surface area contributed by atoms with Crippen LogP contribution in [-0.2, 0) is 42.9 Å². The molecule has 4 aromatic rings. The molecule has 4 fully saturated rings. The number of esters is 1. The van der Waals surface area contributed by atoms with E-state index in [1.54, 1.807) is 24.6 Å². The molecule has 2 aliphatic heterocycles. The maximum absolute atomic E-state index is 14.0. The van der Waals surface area contributed by atoms with E-state index in [1.807, 2.05) is 46.3 Å². The molecule has 1 N–H and O–H groups in total. The Labute approximate surface area is 371 Å². The summed E-state index contributed by atoms with van der Waals surface area (Å²) in [5, 5.41) is 12.7. The van der Waals surface area contributed by atoms with Crippen molar-refractivity contribution in [3.8, 4) is 0 Å². The number of Topliss-reactive ketones (excluding diaryl/α,β-unsaturated/α-hetero) is 1. The fourth-order valence-corrected chi connectivity index (χ4v) is 14.8. The van der Waals surface area contributed by atoms with Crippen molar-refractivity contribution >= 4 is 44.4 Å². The number of hydrogen-bond donors (Lipinski definition) is 1. The molecule has 1 spiro atoms. The molecule has 326 valence electrons. The van der Waals surface area contributed by atoms with Crippen molar-refractivity contribution in [3.63, 3.8) is 0 Å². The highest BCUT2D eigenvalue weighted by Crippen LogP contribution is 2.81. The number of pyridine rings is 1. The number of likely N-dealkylation sites (tertiary alicyclic amines) is 1. The Morgan fingerprint density at radius 3 is 2.61 bits per heavy atom. The van der Waals surface area contributed by atoms with E-state index in [0.29, 0.717) is 17.7 Å². The highest BCUT2D eigenvalue weighted by atomic mass is 79.9. The van der Waals surface area contributed by atoms with Crippen LogP contribution in [0, 0.1) is 33.5 Å². The van der Waals surface area contributed by atoms with Gasteiger partial charge in [-0.05, 0) is 134 Å². The summed E-state index contributed by atoms with van der Waals surface area (Å²) < 4.78 is 26.9. The largest absolute Gasteiger partial charge is 0.504 e. The van der Waals surface area contributed by atoms with Crippen LogP contribution in [0.1, 0.15) is 93.3 Å². The number of aliphatic hydroxyl groups excluding tert-OH is 1. The molecule has 10 atom stereocenters. The van der Waals surface area contributed by atoms with E-state index in [0.717, 1.165) is 43.1 Å². The summed E-state index contributed by atoms with van der Waals surface area (Å²) >= 11 is 3.35. The van der Waals surface area contributed by atoms with E-state index >= 15 is 0 Å². The maximum atomic E-state index is 14.0. The number of rotatable bonds is 5. The van der Waals surface area contributed by atoms with Gasteiger partial charge in [-0.1, -0.05) is 32.1 Å². The van der Waals surface area contributed by atoms with Crippen LogP contribution < -0.4 is 0 Å². The second-order valence-electron chi connectivity index (χ2n) is 20.3. The van der Waals surface area contributed by atoms with Crippen molar-refractivity contribution in [1.29, 1.82) is 0 Å². The number of aliphatic hydroxyl groups is 1. The van der Waals surface area contributed by atoms with E-state index in [4.69, 9.17) is 18.6 Å². The van der Waals surface area contributed by atoms with Crippen LogP contribution in [0.4, 0.5) is 0 Å². The number of methoxy groups -OCH3 is 1. The van der Waals surface area contributed by atoms with Gasteiger partial charge in [-0.3, -0.25) is 19.5 Å². The highest BCUT2D eigenvalue weighted by molar-refractivity contribution is 9.10. The smallest absolute Gasteiger partial charge is 0.339 e. The van der Waals surface area contributed by atoms with Crippen LogP contribution in [0.15, 0.2) is 93.8 Å². The van der Waals surface area contributed by atoms with E-state index in [9.17, 15) is 19.5 Å². The van der Waals surface area contributed by atoms with E-state index < -0.39 is 27.4 Å². The summed E-state index contributed by atoms with van der Waals surface area (Å²) in [5.74, 6) is -0.486. The van der Waals surface area contributed by atoms with E-state index in [-0.39, 0.29) is 58.6 Å². The van der Waals surface area contributed by atoms with Gasteiger partial charge in [-0.25, -0.2) is 4.79 Å². The predicted octanol–water partition coefficient (Wildman–Crippen LogP) is 8.80. The Kier molecular flexibility index (Phi) is 9.28. The van der Waals surface area contributed by atoms with Gasteiger partial charge < -0.3 is 28.3 Å². The lowest BCUT2D eigenvalue weighted by atomic mass is 9.39. The van der Waals surface area contributed by atoms with E-state index in [1.165, 1.54) is 33.8 Å². The minimum absolute atomic E-state index is 0.00527. The molecule has 11 nitrogen and oxygen atoms in total. The van der Waals surface area contributed by atoms with Gasteiger partial charge in [0.2, 0.25) is 5.78 Å². The van der Waals surface area contributed by atoms with Crippen LogP contribution in [0.2, 0.25) is 0 Å². The quantitative estimate of drug-likeness (QED) is 0.153. The average molecular weight is 907 g/mol. The molecule has 1 aromatic carbocycles. The zero-order valence-corrected chi connectivity index (χ0v) is 38.4. The number of halogens is 1. The number of likely N-dealkylation sites (N-methyl/N-ethyl adjacent to an activating group) is 1. The minimum Gasteiger partial charge on any atom is -0.504 e. The maximum Gasteiger partial charge on any atom is 0.339 e. The number of aromatic nitrogens is 2. The van der Waals surface area contributed by atoms with Crippen LogP contribution in [-0.4, -0.2) is 82.1 Å². The van der Waals surface area contributed by atoms with Crippen molar-refractivity contribution in [1.82, 2.24) is 14.5 Å². The third kappa shape index (κ3) is 5.32. The third-order valence-corrected chi connectivity index (χ3v) is 17.5. The Hall–Kier alpha value is -4.36. The average Bonchev–Trinajstić information content (AvgIpc) is 3.46. The fourth-order valence-electron chi connectivity index (χ4n) is 14.4. The van der Waals surface area contributed by atoms with Gasteiger partial charge in [0.05, 0.1) is 41.6 Å². The summed E-state index contributed by atoms with van der Waals surface area (Å²) in [6, 6.07) is 10.5. The molecule has 3 aromatic heterocycles. The first kappa shape index (κ1) is 41.6. The third-order valence-electron chi connectivity index (χ3n) is 17.1. The number of nitrogens with zero attached hydrogens (tertiary/aromatic N) is 3. The number of carbonyl (C=O) groups excluding carboxylic acids is 3. The first-order valence-corrected chi connectivity index (χ1v) is 22.7. The number of fused-ring (bicyclic) bond motifs is 5. The molecule has 7 aliphatic rings. The lowest BCUT2D eigenvalue weighted by Gasteiger charge is -2.62. The number of allylic oxidation sites excluding steroid dienone is 4. The molecule has 2 saturated heterocycles. The minimum atomic E-state index is -0.901. The predicted molar refractivity (Wildman–Crippen MR) is 235 cm³/mol. The number of epoxide rings is 1. The van der Waals surface area contributed by atoms with Gasteiger partial charge in [0.15, 0.2) is 11.5 Å². The second-order valence-corrected chi connectivity index (χ2v) is 21.3. The zero-order valence-electron chi connectivity index (χ0n) is 36.8. The number of ketones is 2. The lowest BCUT2D eigenvalue weighted by molar-refractivity contribution is -0.162. The van der Waals surface area contributed by atoms with Gasteiger partial charge in [-0.2, -0.15) is 0 Å². The molecule has 0 amide bonds. The molecular formula is C50H56BrN3O8. The number of carbonyl (C=O) groups is 3. The van der Waals surface area contributed by atoms with Crippen LogP contribution in [0.3, 0.4) is 0 Å². The summed E-state index contributed by atoms with van der Waals surface area (Å²) in [6.07, 6.45) is 17.0. The van der Waals surface area contributed by atoms with Crippen molar-refractivity contribution in [2.75, 3.05) is 27.3 Å². The lowest BCUT2D eigenvalue weighted by Crippen LogP contribution is -2.66. The topological polar surface area (TPSA) is 137 Å². The fraction of sp³-hybridized carbons (Fsp3) is 0.520. The van der Waals surface area contributed by atoms with Gasteiger partial charge in [0.1, 0.15) is 11.2 Å². The standard InChI is InChI=1S/C26H30O5.C24H26BrN3O3/c1-22(2)17(27)7-9-23(3)16-6-10-24(4)15(14-8-11-30-13-14)12-18-26(24,31-18)25(16,5)21(29)19(28)20(22)23;1-27-13-17-8-21-24(30-3,19-5-4-6-20(27)22(17)19)9-15(12-28(21)2)14-31-23(29)16-7-18(25)11-26-10-16/h7-9,11,13,15-16,18,28H,6,10,12H2,1-5H3;4-7,10-11,13,15,21H,8-9,12,14H2,1-3H3. The molecular weight excluding hydrogens is 850 g/mol. The zero-order chi connectivity index (χ0) is 43.9. The summed E-state index contributed by atoms with van der Waals surface area (Å²) in [6.45, 7) is 11.2. The van der Waals surface area contributed by atoms with Gasteiger partial charge in [-0.15, -0.1) is 0 Å². The molecule has 0 radical (unpaired) electrons. The van der Waals surface area contributed by atoms with E-state index in [2.05, 4.69) is 82.7 Å².